The Morgan fingerprint density at radius 2 is 2.05 bits per heavy atom. The van der Waals surface area contributed by atoms with E-state index < -0.39 is 0 Å². The molecule has 22 heavy (non-hydrogen) atoms. The van der Waals surface area contributed by atoms with Crippen molar-refractivity contribution in [3.63, 3.8) is 0 Å². The average Bonchev–Trinajstić information content (AvgIpc) is 2.90. The second-order valence-electron chi connectivity index (χ2n) is 5.83. The highest BCUT2D eigenvalue weighted by molar-refractivity contribution is 5.09. The number of nitrogens with zero attached hydrogens (tertiary/aromatic N) is 3. The van der Waals surface area contributed by atoms with Crippen molar-refractivity contribution in [2.45, 2.75) is 32.2 Å². The van der Waals surface area contributed by atoms with Gasteiger partial charge < -0.3 is 14.9 Å². The quantitative estimate of drug-likeness (QED) is 0.858. The summed E-state index contributed by atoms with van der Waals surface area (Å²) in [5, 5.41) is 0. The van der Waals surface area contributed by atoms with E-state index >= 15 is 0 Å². The largest absolute Gasteiger partial charge is 0.325 e. The molecule has 2 aromatic heterocycles. The van der Waals surface area contributed by atoms with Crippen molar-refractivity contribution in [1.82, 2.24) is 24.4 Å². The van der Waals surface area contributed by atoms with Gasteiger partial charge in [-0.05, 0) is 32.9 Å². The van der Waals surface area contributed by atoms with Crippen LogP contribution < -0.4 is 11.2 Å². The Labute approximate surface area is 128 Å². The van der Waals surface area contributed by atoms with E-state index in [9.17, 15) is 9.59 Å². The number of hydrogen-bond acceptors (Lipinski definition) is 4. The number of nitrogens with one attached hydrogen (secondary N) is 2. The summed E-state index contributed by atoms with van der Waals surface area (Å²) in [4.78, 5) is 35.1. The smallest absolute Gasteiger partial charge is 0.313 e. The minimum absolute atomic E-state index is 0.0573. The summed E-state index contributed by atoms with van der Waals surface area (Å²) in [5.41, 5.74) is 0.776. The van der Waals surface area contributed by atoms with Gasteiger partial charge in [0.15, 0.2) is 0 Å². The minimum atomic E-state index is -0.0724. The van der Waals surface area contributed by atoms with Crippen molar-refractivity contribution in [1.29, 1.82) is 0 Å². The third kappa shape index (κ3) is 3.36. The van der Waals surface area contributed by atoms with Gasteiger partial charge in [-0.3, -0.25) is 9.36 Å². The Bertz CT molecular complexity index is 737. The molecule has 2 N–H and O–H groups in total. The number of aromatic nitrogens is 4. The number of hydrogen-bond donors (Lipinski definition) is 2. The van der Waals surface area contributed by atoms with Crippen LogP contribution >= 0.6 is 0 Å². The molecule has 7 nitrogen and oxygen atoms in total. The molecule has 118 valence electrons. The van der Waals surface area contributed by atoms with E-state index in [4.69, 9.17) is 0 Å². The van der Waals surface area contributed by atoms with Crippen LogP contribution in [0.3, 0.4) is 0 Å². The van der Waals surface area contributed by atoms with Crippen molar-refractivity contribution in [3.05, 3.63) is 50.8 Å². The Balaban J connectivity index is 1.55. The molecule has 3 heterocycles. The first-order chi connectivity index (χ1) is 10.6. The van der Waals surface area contributed by atoms with Gasteiger partial charge in [-0.1, -0.05) is 0 Å². The van der Waals surface area contributed by atoms with Gasteiger partial charge in [0.2, 0.25) is 0 Å². The van der Waals surface area contributed by atoms with E-state index in [0.717, 1.165) is 38.2 Å². The molecule has 7 heteroatoms. The summed E-state index contributed by atoms with van der Waals surface area (Å²) in [5.74, 6) is 1.03. The molecule has 0 aromatic carbocycles. The maximum atomic E-state index is 11.5. The van der Waals surface area contributed by atoms with Crippen LogP contribution in [0.5, 0.6) is 0 Å². The van der Waals surface area contributed by atoms with E-state index in [1.54, 1.807) is 23.0 Å². The maximum Gasteiger partial charge on any atom is 0.325 e. The highest BCUT2D eigenvalue weighted by Crippen LogP contribution is 2.25. The fraction of sp³-hybridized carbons (Fsp3) is 0.533. The first-order valence-electron chi connectivity index (χ1n) is 7.66. The lowest BCUT2D eigenvalue weighted by molar-refractivity contribution is 0.203. The topological polar surface area (TPSA) is 86.8 Å². The molecule has 0 unspecified atom stereocenters. The van der Waals surface area contributed by atoms with Crippen LogP contribution in [0.2, 0.25) is 0 Å². The molecule has 0 bridgehead atoms. The second-order valence-corrected chi connectivity index (χ2v) is 5.83. The number of piperidine rings is 1. The minimum Gasteiger partial charge on any atom is -0.313 e. The van der Waals surface area contributed by atoms with Gasteiger partial charge in [-0.15, -0.1) is 0 Å². The molecule has 1 aliphatic heterocycles. The van der Waals surface area contributed by atoms with Crippen LogP contribution in [0.15, 0.2) is 28.0 Å². The summed E-state index contributed by atoms with van der Waals surface area (Å²) >= 11 is 0. The second kappa shape index (κ2) is 6.31. The fourth-order valence-electron chi connectivity index (χ4n) is 3.04. The molecule has 0 spiro atoms. The number of imidazole rings is 1. The monoisotopic (exact) mass is 303 g/mol. The van der Waals surface area contributed by atoms with Gasteiger partial charge >= 0.3 is 5.69 Å². The predicted molar refractivity (Wildman–Crippen MR) is 83.1 cm³/mol. The molecular formula is C15H21N5O2. The Kier molecular flexibility index (Phi) is 4.24. The van der Waals surface area contributed by atoms with Crippen LogP contribution in [0.25, 0.3) is 0 Å². The summed E-state index contributed by atoms with van der Waals surface area (Å²) in [7, 11) is 0. The van der Waals surface area contributed by atoms with Crippen molar-refractivity contribution in [2.24, 2.45) is 0 Å². The van der Waals surface area contributed by atoms with Gasteiger partial charge in [0, 0.05) is 37.5 Å². The number of aryl methyl sites for hydroxylation is 1. The Hall–Kier alpha value is -2.15. The number of rotatable bonds is 4. The van der Waals surface area contributed by atoms with Crippen LogP contribution in [-0.4, -0.2) is 44.1 Å². The predicted octanol–water partition coefficient (Wildman–Crippen LogP) is 0.448. The lowest BCUT2D eigenvalue weighted by Crippen LogP contribution is -2.36. The van der Waals surface area contributed by atoms with E-state index in [1.807, 2.05) is 6.92 Å². The van der Waals surface area contributed by atoms with Gasteiger partial charge in [0.25, 0.3) is 5.56 Å². The van der Waals surface area contributed by atoms with Crippen molar-refractivity contribution in [2.75, 3.05) is 19.6 Å². The Morgan fingerprint density at radius 3 is 2.68 bits per heavy atom. The van der Waals surface area contributed by atoms with Gasteiger partial charge in [0.05, 0.1) is 5.69 Å². The first-order valence-corrected chi connectivity index (χ1v) is 7.66. The standard InChI is InChI=1S/C15H21N5O2/c1-11-17-13(10-14(21)18-11)12-2-5-19(6-3-12)8-9-20-7-4-16-15(20)22/h4,7,10,12H,2-3,5-6,8-9H2,1H3,(H,16,22)(H,17,18,21). The third-order valence-electron chi connectivity index (χ3n) is 4.27. The molecule has 2 aromatic rings. The molecule has 0 saturated carbocycles. The fourth-order valence-corrected chi connectivity index (χ4v) is 3.04. The molecule has 1 saturated heterocycles. The molecule has 1 aliphatic rings. The molecule has 3 rings (SSSR count). The highest BCUT2D eigenvalue weighted by atomic mass is 16.1. The Morgan fingerprint density at radius 1 is 1.27 bits per heavy atom. The van der Waals surface area contributed by atoms with Crippen LogP contribution in [-0.2, 0) is 6.54 Å². The normalized spacial score (nSPS) is 17.0. The summed E-state index contributed by atoms with van der Waals surface area (Å²) < 4.78 is 1.69. The van der Waals surface area contributed by atoms with Gasteiger partial charge in [-0.25, -0.2) is 9.78 Å². The summed E-state index contributed by atoms with van der Waals surface area (Å²) in [6.45, 7) is 5.32. The average molecular weight is 303 g/mol. The number of aromatic amines is 2. The van der Waals surface area contributed by atoms with E-state index in [1.165, 1.54) is 0 Å². The maximum absolute atomic E-state index is 11.5. The van der Waals surface area contributed by atoms with Gasteiger partial charge in [0.1, 0.15) is 5.82 Å². The zero-order valence-corrected chi connectivity index (χ0v) is 12.7. The van der Waals surface area contributed by atoms with Crippen LogP contribution in [0, 0.1) is 6.92 Å². The molecular weight excluding hydrogens is 282 g/mol. The zero-order chi connectivity index (χ0) is 15.5. The number of likely N-dealkylation sites (tertiary alicyclic amines) is 1. The first kappa shape index (κ1) is 14.8. The third-order valence-corrected chi connectivity index (χ3v) is 4.27. The molecule has 0 aliphatic carbocycles. The lowest BCUT2D eigenvalue weighted by Gasteiger charge is -2.31. The van der Waals surface area contributed by atoms with Crippen molar-refractivity contribution < 1.29 is 0 Å². The zero-order valence-electron chi connectivity index (χ0n) is 12.7. The van der Waals surface area contributed by atoms with Crippen LogP contribution in [0.4, 0.5) is 0 Å². The van der Waals surface area contributed by atoms with E-state index in [0.29, 0.717) is 18.3 Å². The SMILES string of the molecule is Cc1nc(C2CCN(CCn3cc[nH]c3=O)CC2)cc(=O)[nH]1. The van der Waals surface area contributed by atoms with Gasteiger partial charge in [-0.2, -0.15) is 0 Å². The van der Waals surface area contributed by atoms with E-state index in [-0.39, 0.29) is 11.2 Å². The molecule has 0 radical (unpaired) electrons. The van der Waals surface area contributed by atoms with Crippen molar-refractivity contribution in [3.8, 4) is 0 Å². The van der Waals surface area contributed by atoms with E-state index in [2.05, 4.69) is 19.9 Å². The highest BCUT2D eigenvalue weighted by Gasteiger charge is 2.22. The number of H-pyrrole nitrogens is 2. The lowest BCUT2D eigenvalue weighted by atomic mass is 9.93. The molecule has 1 fully saturated rings. The summed E-state index contributed by atoms with van der Waals surface area (Å²) in [6.07, 6.45) is 5.43. The van der Waals surface area contributed by atoms with Crippen LogP contribution in [0.1, 0.15) is 30.3 Å². The summed E-state index contributed by atoms with van der Waals surface area (Å²) in [6, 6.07) is 1.62. The van der Waals surface area contributed by atoms with Crippen molar-refractivity contribution >= 4 is 0 Å². The molecule has 0 amide bonds. The molecule has 0 atom stereocenters.